The predicted octanol–water partition coefficient (Wildman–Crippen LogP) is 2.19. The number of aryl methyl sites for hydroxylation is 1. The van der Waals surface area contributed by atoms with Crippen molar-refractivity contribution in [3.05, 3.63) is 17.7 Å². The molecule has 1 aromatic rings. The van der Waals surface area contributed by atoms with E-state index in [9.17, 15) is 13.5 Å². The molecule has 0 atom stereocenters. The lowest BCUT2D eigenvalue weighted by atomic mass is 9.93. The van der Waals surface area contributed by atoms with Crippen molar-refractivity contribution < 1.29 is 13.5 Å². The fourth-order valence-electron chi connectivity index (χ4n) is 3.06. The molecule has 5 nitrogen and oxygen atoms in total. The quantitative estimate of drug-likeness (QED) is 0.640. The van der Waals surface area contributed by atoms with Crippen molar-refractivity contribution in [3.8, 4) is 5.75 Å². The highest BCUT2D eigenvalue weighted by atomic mass is 32.2. The van der Waals surface area contributed by atoms with Gasteiger partial charge in [-0.3, -0.25) is 0 Å². The van der Waals surface area contributed by atoms with Gasteiger partial charge in [-0.15, -0.1) is 0 Å². The molecule has 22 heavy (non-hydrogen) atoms. The number of nitrogens with two attached hydrogens (primary N) is 1. The summed E-state index contributed by atoms with van der Waals surface area (Å²) in [5.41, 5.74) is 8.39. The summed E-state index contributed by atoms with van der Waals surface area (Å²) in [7, 11) is -2.87. The number of sulfone groups is 1. The van der Waals surface area contributed by atoms with Gasteiger partial charge in [-0.25, -0.2) is 8.42 Å². The highest BCUT2D eigenvalue weighted by Gasteiger charge is 2.22. The molecule has 0 aromatic heterocycles. The Bertz CT molecular complexity index is 621. The van der Waals surface area contributed by atoms with Crippen LogP contribution in [0, 0.1) is 5.92 Å². The van der Waals surface area contributed by atoms with Crippen LogP contribution >= 0.6 is 0 Å². The van der Waals surface area contributed by atoms with Crippen LogP contribution in [0.4, 0.5) is 11.4 Å². The van der Waals surface area contributed by atoms with Gasteiger partial charge in [0.2, 0.25) is 0 Å². The van der Waals surface area contributed by atoms with Gasteiger partial charge in [0.25, 0.3) is 0 Å². The first-order valence-corrected chi connectivity index (χ1v) is 9.90. The summed E-state index contributed by atoms with van der Waals surface area (Å²) in [4.78, 5) is 2.27. The van der Waals surface area contributed by atoms with E-state index >= 15 is 0 Å². The summed E-state index contributed by atoms with van der Waals surface area (Å²) < 4.78 is 22.5. The summed E-state index contributed by atoms with van der Waals surface area (Å²) in [5.74, 6) is 0.880. The van der Waals surface area contributed by atoms with Crippen LogP contribution in [0.5, 0.6) is 5.75 Å². The Balaban J connectivity index is 2.01. The van der Waals surface area contributed by atoms with Gasteiger partial charge < -0.3 is 15.7 Å². The first kappa shape index (κ1) is 16.9. The fourth-order valence-corrected chi connectivity index (χ4v) is 3.82. The molecule has 3 N–H and O–H groups in total. The second-order valence-electron chi connectivity index (χ2n) is 6.24. The number of rotatable bonds is 5. The zero-order chi connectivity index (χ0) is 16.3. The Morgan fingerprint density at radius 2 is 1.95 bits per heavy atom. The fraction of sp³-hybridized carbons (Fsp3) is 0.625. The first-order valence-electron chi connectivity index (χ1n) is 7.84. The number of nitrogens with zero attached hydrogens (tertiary/aromatic N) is 1. The van der Waals surface area contributed by atoms with Crippen LogP contribution in [0.2, 0.25) is 0 Å². The van der Waals surface area contributed by atoms with Gasteiger partial charge in [-0.2, -0.15) is 0 Å². The van der Waals surface area contributed by atoms with Gasteiger partial charge in [-0.05, 0) is 43.2 Å². The average Bonchev–Trinajstić information content (AvgIpc) is 2.47. The van der Waals surface area contributed by atoms with Crippen LogP contribution in [-0.2, 0) is 16.3 Å². The van der Waals surface area contributed by atoms with E-state index in [1.165, 1.54) is 6.26 Å². The van der Waals surface area contributed by atoms with E-state index in [1.54, 1.807) is 6.07 Å². The highest BCUT2D eigenvalue weighted by Crippen LogP contribution is 2.34. The molecule has 1 aliphatic rings. The monoisotopic (exact) mass is 326 g/mol. The van der Waals surface area contributed by atoms with E-state index in [1.807, 2.05) is 6.07 Å². The Kier molecular flexibility index (Phi) is 5.21. The molecule has 1 fully saturated rings. The molecule has 1 saturated heterocycles. The van der Waals surface area contributed by atoms with Crippen LogP contribution in [0.3, 0.4) is 0 Å². The van der Waals surface area contributed by atoms with Crippen molar-refractivity contribution >= 4 is 21.2 Å². The van der Waals surface area contributed by atoms with Gasteiger partial charge >= 0.3 is 0 Å². The standard InChI is InChI=1S/C16H26N2O3S/c1-3-13-10-14(17)16(19)11-15(13)18-7-4-12(5-8-18)6-9-22(2,20)21/h10-12,19H,3-9,17H2,1-2H3. The van der Waals surface area contributed by atoms with Crippen molar-refractivity contribution in [1.29, 1.82) is 0 Å². The van der Waals surface area contributed by atoms with Gasteiger partial charge in [-0.1, -0.05) is 6.92 Å². The summed E-state index contributed by atoms with van der Waals surface area (Å²) in [6.45, 7) is 3.86. The molecule has 0 amide bonds. The van der Waals surface area contributed by atoms with E-state index in [0.29, 0.717) is 11.6 Å². The maximum Gasteiger partial charge on any atom is 0.147 e. The molecule has 0 bridgehead atoms. The molecule has 2 rings (SSSR count). The average molecular weight is 326 g/mol. The van der Waals surface area contributed by atoms with Gasteiger partial charge in [0, 0.05) is 31.1 Å². The van der Waals surface area contributed by atoms with Crippen LogP contribution < -0.4 is 10.6 Å². The number of piperidine rings is 1. The lowest BCUT2D eigenvalue weighted by Crippen LogP contribution is -2.34. The summed E-state index contributed by atoms with van der Waals surface area (Å²) in [6, 6.07) is 3.60. The molecule has 1 heterocycles. The molecule has 0 saturated carbocycles. The molecular formula is C16H26N2O3S. The SMILES string of the molecule is CCc1cc(N)c(O)cc1N1CCC(CCS(C)(=O)=O)CC1. The van der Waals surface area contributed by atoms with Crippen LogP contribution in [0.25, 0.3) is 0 Å². The molecule has 0 unspecified atom stereocenters. The normalized spacial score (nSPS) is 16.9. The van der Waals surface area contributed by atoms with Gasteiger partial charge in [0.15, 0.2) is 0 Å². The number of hydrogen-bond acceptors (Lipinski definition) is 5. The molecule has 0 radical (unpaired) electrons. The molecule has 0 spiro atoms. The predicted molar refractivity (Wildman–Crippen MR) is 91.2 cm³/mol. The maximum atomic E-state index is 11.3. The Morgan fingerprint density at radius 1 is 1.32 bits per heavy atom. The van der Waals surface area contributed by atoms with E-state index in [0.717, 1.165) is 50.0 Å². The second kappa shape index (κ2) is 6.77. The number of phenols is 1. The Hall–Kier alpha value is -1.43. The first-order chi connectivity index (χ1) is 10.3. The lowest BCUT2D eigenvalue weighted by molar-refractivity contribution is 0.394. The maximum absolute atomic E-state index is 11.3. The number of phenolic OH excluding ortho intramolecular Hbond substituents is 1. The summed E-state index contributed by atoms with van der Waals surface area (Å²) in [6.07, 6.45) is 4.90. The topological polar surface area (TPSA) is 83.6 Å². The van der Waals surface area contributed by atoms with Crippen LogP contribution in [0.15, 0.2) is 12.1 Å². The summed E-state index contributed by atoms with van der Waals surface area (Å²) in [5, 5.41) is 9.86. The van der Waals surface area contributed by atoms with E-state index in [-0.39, 0.29) is 11.5 Å². The van der Waals surface area contributed by atoms with E-state index in [2.05, 4.69) is 11.8 Å². The van der Waals surface area contributed by atoms with Gasteiger partial charge in [0.05, 0.1) is 11.4 Å². The van der Waals surface area contributed by atoms with Crippen LogP contribution in [0.1, 0.15) is 31.7 Å². The van der Waals surface area contributed by atoms with Crippen LogP contribution in [-0.4, -0.2) is 38.6 Å². The van der Waals surface area contributed by atoms with E-state index < -0.39 is 9.84 Å². The highest BCUT2D eigenvalue weighted by molar-refractivity contribution is 7.90. The van der Waals surface area contributed by atoms with Gasteiger partial charge in [0.1, 0.15) is 15.6 Å². The van der Waals surface area contributed by atoms with Crippen molar-refractivity contribution in [2.24, 2.45) is 5.92 Å². The Morgan fingerprint density at radius 3 is 2.50 bits per heavy atom. The third-order valence-corrected chi connectivity index (χ3v) is 5.44. The zero-order valence-corrected chi connectivity index (χ0v) is 14.2. The number of hydrogen-bond donors (Lipinski definition) is 2. The molecule has 6 heteroatoms. The summed E-state index contributed by atoms with van der Waals surface area (Å²) >= 11 is 0. The minimum absolute atomic E-state index is 0.131. The third kappa shape index (κ3) is 4.29. The van der Waals surface area contributed by atoms with Crippen molar-refractivity contribution in [3.63, 3.8) is 0 Å². The largest absolute Gasteiger partial charge is 0.506 e. The molecule has 124 valence electrons. The number of nitrogen functional groups attached to an aromatic ring is 1. The molecule has 1 aromatic carbocycles. The minimum atomic E-state index is -2.87. The third-order valence-electron chi connectivity index (χ3n) is 4.46. The molecular weight excluding hydrogens is 300 g/mol. The van der Waals surface area contributed by atoms with Crippen molar-refractivity contribution in [1.82, 2.24) is 0 Å². The molecule has 0 aliphatic carbocycles. The number of anilines is 2. The lowest BCUT2D eigenvalue weighted by Gasteiger charge is -2.35. The number of benzene rings is 1. The van der Waals surface area contributed by atoms with Crippen molar-refractivity contribution in [2.75, 3.05) is 35.7 Å². The minimum Gasteiger partial charge on any atom is -0.506 e. The smallest absolute Gasteiger partial charge is 0.147 e. The van der Waals surface area contributed by atoms with Crippen molar-refractivity contribution in [2.45, 2.75) is 32.6 Å². The number of aromatic hydroxyl groups is 1. The van der Waals surface area contributed by atoms with E-state index in [4.69, 9.17) is 5.73 Å². The molecule has 1 aliphatic heterocycles. The zero-order valence-electron chi connectivity index (χ0n) is 13.4. The second-order valence-corrected chi connectivity index (χ2v) is 8.50. The Labute approximate surface area is 133 Å².